The summed E-state index contributed by atoms with van der Waals surface area (Å²) >= 11 is 0. The van der Waals surface area contributed by atoms with Crippen molar-refractivity contribution in [3.63, 3.8) is 0 Å². The first-order chi connectivity index (χ1) is 10.5. The van der Waals surface area contributed by atoms with Gasteiger partial charge < -0.3 is 20.5 Å². The van der Waals surface area contributed by atoms with Crippen molar-refractivity contribution in [2.75, 3.05) is 12.1 Å². The summed E-state index contributed by atoms with van der Waals surface area (Å²) in [7, 11) is 0. The van der Waals surface area contributed by atoms with Gasteiger partial charge in [-0.2, -0.15) is 0 Å². The topological polar surface area (TPSA) is 90.7 Å². The Balaban J connectivity index is 1.81. The molecule has 112 valence electrons. The molecule has 6 heteroatoms. The molecule has 22 heavy (non-hydrogen) atoms. The summed E-state index contributed by atoms with van der Waals surface area (Å²) in [5.41, 5.74) is 7.46. The summed E-state index contributed by atoms with van der Waals surface area (Å²) < 4.78 is 10.5. The second-order valence-corrected chi connectivity index (χ2v) is 4.92. The lowest BCUT2D eigenvalue weighted by Crippen LogP contribution is -2.14. The van der Waals surface area contributed by atoms with Crippen LogP contribution in [0.25, 0.3) is 0 Å². The molecule has 2 aromatic carbocycles. The average Bonchev–Trinajstić information content (AvgIpc) is 2.96. The molecule has 0 fully saturated rings. The zero-order chi connectivity index (χ0) is 15.7. The van der Waals surface area contributed by atoms with Gasteiger partial charge in [0.1, 0.15) is 0 Å². The van der Waals surface area contributed by atoms with Gasteiger partial charge in [-0.05, 0) is 48.9 Å². The van der Waals surface area contributed by atoms with Gasteiger partial charge in [-0.3, -0.25) is 9.59 Å². The summed E-state index contributed by atoms with van der Waals surface area (Å²) in [6.45, 7) is 1.95. The third kappa shape index (κ3) is 2.58. The van der Waals surface area contributed by atoms with Gasteiger partial charge in [0.25, 0.3) is 5.91 Å². The number of hydrogen-bond donors (Lipinski definition) is 2. The number of rotatable bonds is 3. The van der Waals surface area contributed by atoms with Crippen LogP contribution in [0.3, 0.4) is 0 Å². The van der Waals surface area contributed by atoms with E-state index in [9.17, 15) is 9.59 Å². The first kappa shape index (κ1) is 13.9. The number of hydrogen-bond acceptors (Lipinski definition) is 4. The molecular weight excluding hydrogens is 284 g/mol. The number of amides is 2. The molecule has 3 rings (SSSR count). The molecule has 1 aliphatic rings. The van der Waals surface area contributed by atoms with E-state index < -0.39 is 5.91 Å². The van der Waals surface area contributed by atoms with Crippen molar-refractivity contribution in [1.29, 1.82) is 0 Å². The molecule has 1 heterocycles. The van der Waals surface area contributed by atoms with Crippen molar-refractivity contribution < 1.29 is 19.1 Å². The third-order valence-electron chi connectivity index (χ3n) is 3.39. The summed E-state index contributed by atoms with van der Waals surface area (Å²) in [6.07, 6.45) is 0. The van der Waals surface area contributed by atoms with Crippen LogP contribution in [-0.4, -0.2) is 18.6 Å². The smallest absolute Gasteiger partial charge is 0.255 e. The zero-order valence-corrected chi connectivity index (χ0v) is 11.9. The lowest BCUT2D eigenvalue weighted by atomic mass is 10.1. The van der Waals surface area contributed by atoms with Crippen LogP contribution in [0, 0.1) is 6.92 Å². The predicted octanol–water partition coefficient (Wildman–Crippen LogP) is 2.07. The lowest BCUT2D eigenvalue weighted by Gasteiger charge is -2.09. The van der Waals surface area contributed by atoms with E-state index in [1.165, 1.54) is 0 Å². The zero-order valence-electron chi connectivity index (χ0n) is 11.9. The number of carbonyl (C=O) groups is 2. The quantitative estimate of drug-likeness (QED) is 0.907. The normalized spacial score (nSPS) is 12.0. The Hall–Kier alpha value is -3.02. The highest BCUT2D eigenvalue weighted by atomic mass is 16.7. The van der Waals surface area contributed by atoms with Crippen LogP contribution >= 0.6 is 0 Å². The van der Waals surface area contributed by atoms with Gasteiger partial charge in [0.2, 0.25) is 12.7 Å². The van der Waals surface area contributed by atoms with Crippen LogP contribution in [0.1, 0.15) is 26.3 Å². The molecule has 0 bridgehead atoms. The highest BCUT2D eigenvalue weighted by Crippen LogP contribution is 2.32. The molecule has 0 aliphatic carbocycles. The number of benzene rings is 2. The Morgan fingerprint density at radius 1 is 1.05 bits per heavy atom. The second-order valence-electron chi connectivity index (χ2n) is 4.92. The summed E-state index contributed by atoms with van der Waals surface area (Å²) in [6, 6.07) is 9.85. The van der Waals surface area contributed by atoms with Crippen molar-refractivity contribution in [3.8, 4) is 11.5 Å². The minimum atomic E-state index is -0.503. The minimum Gasteiger partial charge on any atom is -0.454 e. The van der Waals surface area contributed by atoms with Crippen LogP contribution in [0.5, 0.6) is 11.5 Å². The fraction of sp³-hybridized carbons (Fsp3) is 0.125. The fourth-order valence-electron chi connectivity index (χ4n) is 2.19. The molecule has 6 nitrogen and oxygen atoms in total. The molecular formula is C16H14N2O4. The molecule has 3 N–H and O–H groups in total. The SMILES string of the molecule is Cc1cc(C(N)=O)ccc1NC(=O)c1ccc2c(c1)OCO2. The predicted molar refractivity (Wildman–Crippen MR) is 80.2 cm³/mol. The number of carbonyl (C=O) groups excluding carboxylic acids is 2. The lowest BCUT2D eigenvalue weighted by molar-refractivity contribution is 0.0998. The van der Waals surface area contributed by atoms with E-state index in [1.807, 2.05) is 0 Å². The number of anilines is 1. The third-order valence-corrected chi connectivity index (χ3v) is 3.39. The van der Waals surface area contributed by atoms with E-state index >= 15 is 0 Å². The van der Waals surface area contributed by atoms with Gasteiger partial charge >= 0.3 is 0 Å². The molecule has 0 aromatic heterocycles. The molecule has 2 aromatic rings. The van der Waals surface area contributed by atoms with Crippen molar-refractivity contribution in [3.05, 3.63) is 53.1 Å². The van der Waals surface area contributed by atoms with E-state index in [0.717, 1.165) is 5.56 Å². The maximum atomic E-state index is 12.3. The summed E-state index contributed by atoms with van der Waals surface area (Å²) in [4.78, 5) is 23.4. The molecule has 1 aliphatic heterocycles. The average molecular weight is 298 g/mol. The Morgan fingerprint density at radius 2 is 1.77 bits per heavy atom. The number of primary amides is 1. The number of aryl methyl sites for hydroxylation is 1. The van der Waals surface area contributed by atoms with E-state index in [-0.39, 0.29) is 12.7 Å². The molecule has 0 atom stereocenters. The summed E-state index contributed by atoms with van der Waals surface area (Å²) in [5, 5.41) is 2.80. The van der Waals surface area contributed by atoms with E-state index in [2.05, 4.69) is 5.32 Å². The summed E-state index contributed by atoms with van der Waals surface area (Å²) in [5.74, 6) is 0.400. The van der Waals surface area contributed by atoms with Crippen LogP contribution < -0.4 is 20.5 Å². The Kier molecular flexibility index (Phi) is 3.42. The minimum absolute atomic E-state index is 0.161. The second kappa shape index (κ2) is 5.40. The van der Waals surface area contributed by atoms with Gasteiger partial charge in [-0.15, -0.1) is 0 Å². The van der Waals surface area contributed by atoms with Gasteiger partial charge in [-0.1, -0.05) is 0 Å². The van der Waals surface area contributed by atoms with E-state index in [4.69, 9.17) is 15.2 Å². The number of nitrogens with one attached hydrogen (secondary N) is 1. The molecule has 0 radical (unpaired) electrons. The monoisotopic (exact) mass is 298 g/mol. The molecule has 0 unspecified atom stereocenters. The number of fused-ring (bicyclic) bond motifs is 1. The first-order valence-electron chi connectivity index (χ1n) is 6.66. The maximum Gasteiger partial charge on any atom is 0.255 e. The molecule has 0 saturated carbocycles. The van der Waals surface area contributed by atoms with Crippen molar-refractivity contribution in [2.24, 2.45) is 5.73 Å². The van der Waals surface area contributed by atoms with Gasteiger partial charge in [0, 0.05) is 16.8 Å². The Bertz CT molecular complexity index is 771. The van der Waals surface area contributed by atoms with Crippen LogP contribution in [0.15, 0.2) is 36.4 Å². The number of ether oxygens (including phenoxy) is 2. The van der Waals surface area contributed by atoms with Crippen molar-refractivity contribution in [2.45, 2.75) is 6.92 Å². The maximum absolute atomic E-state index is 12.3. The standard InChI is InChI=1S/C16H14N2O4/c1-9-6-10(15(17)19)2-4-12(9)18-16(20)11-3-5-13-14(7-11)22-8-21-13/h2-7H,8H2,1H3,(H2,17,19)(H,18,20). The van der Waals surface area contributed by atoms with Crippen LogP contribution in [-0.2, 0) is 0 Å². The van der Waals surface area contributed by atoms with Crippen LogP contribution in [0.4, 0.5) is 5.69 Å². The van der Waals surface area contributed by atoms with Gasteiger partial charge in [0.05, 0.1) is 0 Å². The van der Waals surface area contributed by atoms with Gasteiger partial charge in [0.15, 0.2) is 11.5 Å². The largest absolute Gasteiger partial charge is 0.454 e. The van der Waals surface area contributed by atoms with Crippen molar-refractivity contribution >= 4 is 17.5 Å². The highest BCUT2D eigenvalue weighted by molar-refractivity contribution is 6.05. The van der Waals surface area contributed by atoms with E-state index in [0.29, 0.717) is 28.3 Å². The van der Waals surface area contributed by atoms with E-state index in [1.54, 1.807) is 43.3 Å². The Labute approximate surface area is 126 Å². The molecule has 2 amide bonds. The first-order valence-corrected chi connectivity index (χ1v) is 6.66. The highest BCUT2D eigenvalue weighted by Gasteiger charge is 2.16. The van der Waals surface area contributed by atoms with Crippen molar-refractivity contribution in [1.82, 2.24) is 0 Å². The molecule has 0 saturated heterocycles. The van der Waals surface area contributed by atoms with Crippen LogP contribution in [0.2, 0.25) is 0 Å². The Morgan fingerprint density at radius 3 is 2.50 bits per heavy atom. The molecule has 0 spiro atoms. The fourth-order valence-corrected chi connectivity index (χ4v) is 2.19. The number of nitrogens with two attached hydrogens (primary N) is 1. The van der Waals surface area contributed by atoms with Gasteiger partial charge in [-0.25, -0.2) is 0 Å².